The molecule has 0 radical (unpaired) electrons. The van der Waals surface area contributed by atoms with E-state index in [2.05, 4.69) is 19.9 Å². The normalized spacial score (nSPS) is 18.2. The molecule has 1 aliphatic rings. The topological polar surface area (TPSA) is 20.2 Å². The Hall–Kier alpha value is -0.980. The molecule has 0 aliphatic heterocycles. The van der Waals surface area contributed by atoms with Crippen molar-refractivity contribution in [3.8, 4) is 0 Å². The minimum Gasteiger partial charge on any atom is -0.508 e. The van der Waals surface area contributed by atoms with Gasteiger partial charge in [-0.05, 0) is 30.9 Å². The Bertz CT molecular complexity index is 254. The first kappa shape index (κ1) is 9.11. The van der Waals surface area contributed by atoms with Gasteiger partial charge in [0.1, 0.15) is 5.76 Å². The molecule has 12 heavy (non-hydrogen) atoms. The second-order valence-corrected chi connectivity index (χ2v) is 3.55. The van der Waals surface area contributed by atoms with Crippen molar-refractivity contribution in [2.45, 2.75) is 27.2 Å². The molecule has 0 fully saturated rings. The Morgan fingerprint density at radius 3 is 2.58 bits per heavy atom. The Morgan fingerprint density at radius 2 is 2.00 bits per heavy atom. The fourth-order valence-corrected chi connectivity index (χ4v) is 1.29. The molecule has 0 atom stereocenters. The Morgan fingerprint density at radius 1 is 1.33 bits per heavy atom. The van der Waals surface area contributed by atoms with Crippen molar-refractivity contribution in [1.82, 2.24) is 0 Å². The van der Waals surface area contributed by atoms with Crippen LogP contribution < -0.4 is 0 Å². The highest BCUT2D eigenvalue weighted by atomic mass is 16.3. The molecule has 0 bridgehead atoms. The van der Waals surface area contributed by atoms with Gasteiger partial charge in [0.25, 0.3) is 0 Å². The van der Waals surface area contributed by atoms with Crippen LogP contribution in [0.3, 0.4) is 0 Å². The van der Waals surface area contributed by atoms with Crippen molar-refractivity contribution in [2.24, 2.45) is 5.92 Å². The van der Waals surface area contributed by atoms with Gasteiger partial charge in [0.05, 0.1) is 0 Å². The smallest absolute Gasteiger partial charge is 0.115 e. The summed E-state index contributed by atoms with van der Waals surface area (Å²) in [7, 11) is 0. The van der Waals surface area contributed by atoms with Crippen LogP contribution in [0.5, 0.6) is 0 Å². The van der Waals surface area contributed by atoms with E-state index in [4.69, 9.17) is 0 Å². The maximum atomic E-state index is 9.60. The summed E-state index contributed by atoms with van der Waals surface area (Å²) in [6.45, 7) is 6.26. The Balaban J connectivity index is 2.93. The maximum Gasteiger partial charge on any atom is 0.115 e. The lowest BCUT2D eigenvalue weighted by Crippen LogP contribution is -1.96. The zero-order chi connectivity index (χ0) is 9.14. The van der Waals surface area contributed by atoms with Gasteiger partial charge in [-0.25, -0.2) is 0 Å². The van der Waals surface area contributed by atoms with Gasteiger partial charge >= 0.3 is 0 Å². The highest BCUT2D eigenvalue weighted by Gasteiger charge is 2.08. The molecule has 0 aromatic carbocycles. The summed E-state index contributed by atoms with van der Waals surface area (Å²) in [6, 6.07) is 0. The van der Waals surface area contributed by atoms with Gasteiger partial charge < -0.3 is 5.11 Å². The second kappa shape index (κ2) is 3.61. The number of allylic oxidation sites excluding steroid dienone is 5. The van der Waals surface area contributed by atoms with Crippen LogP contribution in [0, 0.1) is 5.92 Å². The minimum atomic E-state index is 0.428. The molecule has 1 aliphatic carbocycles. The summed E-state index contributed by atoms with van der Waals surface area (Å²) in [6.07, 6.45) is 6.76. The average molecular weight is 164 g/mol. The van der Waals surface area contributed by atoms with E-state index < -0.39 is 0 Å². The van der Waals surface area contributed by atoms with Crippen LogP contribution in [0.4, 0.5) is 0 Å². The number of aliphatic hydroxyl groups is 1. The standard InChI is InChI=1S/C11H16O/c1-8(2)10-6-4-9(3)5-7-11(10)12/h4-5,7-8,12H,6H2,1-3H3. The molecule has 0 saturated carbocycles. The number of hydrogen-bond donors (Lipinski definition) is 1. The number of rotatable bonds is 1. The van der Waals surface area contributed by atoms with Gasteiger partial charge in [0.2, 0.25) is 0 Å². The highest BCUT2D eigenvalue weighted by molar-refractivity contribution is 5.32. The maximum absolute atomic E-state index is 9.60. The van der Waals surface area contributed by atoms with Crippen molar-refractivity contribution in [2.75, 3.05) is 0 Å². The van der Waals surface area contributed by atoms with Crippen molar-refractivity contribution in [1.29, 1.82) is 0 Å². The molecule has 0 heterocycles. The fraction of sp³-hybridized carbons (Fsp3) is 0.455. The van der Waals surface area contributed by atoms with Gasteiger partial charge in [0, 0.05) is 0 Å². The van der Waals surface area contributed by atoms with E-state index >= 15 is 0 Å². The monoisotopic (exact) mass is 164 g/mol. The molecule has 0 aromatic heterocycles. The van der Waals surface area contributed by atoms with Gasteiger partial charge in [-0.1, -0.05) is 31.6 Å². The first-order chi connectivity index (χ1) is 5.61. The van der Waals surface area contributed by atoms with Crippen molar-refractivity contribution in [3.63, 3.8) is 0 Å². The molecule has 1 rings (SSSR count). The zero-order valence-corrected chi connectivity index (χ0v) is 7.96. The van der Waals surface area contributed by atoms with Gasteiger partial charge in [-0.15, -0.1) is 0 Å². The first-order valence-electron chi connectivity index (χ1n) is 4.38. The average Bonchev–Trinajstić information content (AvgIpc) is 2.14. The minimum absolute atomic E-state index is 0.428. The summed E-state index contributed by atoms with van der Waals surface area (Å²) in [5.74, 6) is 0.870. The molecule has 66 valence electrons. The Labute approximate surface area is 74.1 Å². The predicted octanol–water partition coefficient (Wildman–Crippen LogP) is 3.36. The summed E-state index contributed by atoms with van der Waals surface area (Å²) in [5, 5.41) is 9.60. The summed E-state index contributed by atoms with van der Waals surface area (Å²) in [4.78, 5) is 0. The van der Waals surface area contributed by atoms with E-state index in [1.54, 1.807) is 6.08 Å². The summed E-state index contributed by atoms with van der Waals surface area (Å²) >= 11 is 0. The molecule has 0 saturated heterocycles. The third-order valence-electron chi connectivity index (χ3n) is 2.17. The van der Waals surface area contributed by atoms with Crippen LogP contribution in [0.25, 0.3) is 0 Å². The number of hydrogen-bond acceptors (Lipinski definition) is 1. The van der Waals surface area contributed by atoms with Crippen LogP contribution in [0.2, 0.25) is 0 Å². The zero-order valence-electron chi connectivity index (χ0n) is 7.96. The van der Waals surface area contributed by atoms with Crippen molar-refractivity contribution in [3.05, 3.63) is 35.1 Å². The molecule has 0 aromatic rings. The summed E-state index contributed by atoms with van der Waals surface area (Å²) in [5.41, 5.74) is 2.35. The third kappa shape index (κ3) is 2.00. The predicted molar refractivity (Wildman–Crippen MR) is 52.0 cm³/mol. The van der Waals surface area contributed by atoms with Gasteiger partial charge in [-0.3, -0.25) is 0 Å². The lowest BCUT2D eigenvalue weighted by molar-refractivity contribution is 0.415. The molecule has 0 unspecified atom stereocenters. The van der Waals surface area contributed by atoms with Crippen LogP contribution >= 0.6 is 0 Å². The number of aliphatic hydroxyl groups excluding tert-OH is 1. The molecular weight excluding hydrogens is 148 g/mol. The van der Waals surface area contributed by atoms with Gasteiger partial charge in [0.15, 0.2) is 0 Å². The molecule has 1 heteroatoms. The first-order valence-corrected chi connectivity index (χ1v) is 4.38. The highest BCUT2D eigenvalue weighted by Crippen LogP contribution is 2.22. The van der Waals surface area contributed by atoms with E-state index in [0.717, 1.165) is 12.0 Å². The van der Waals surface area contributed by atoms with E-state index in [9.17, 15) is 5.11 Å². The van der Waals surface area contributed by atoms with E-state index in [1.807, 2.05) is 13.0 Å². The molecule has 0 amide bonds. The lowest BCUT2D eigenvalue weighted by Gasteiger charge is -2.09. The second-order valence-electron chi connectivity index (χ2n) is 3.55. The quantitative estimate of drug-likeness (QED) is 0.630. The van der Waals surface area contributed by atoms with Crippen LogP contribution in [-0.4, -0.2) is 5.11 Å². The lowest BCUT2D eigenvalue weighted by atomic mass is 9.99. The van der Waals surface area contributed by atoms with Crippen LogP contribution in [0.15, 0.2) is 35.1 Å². The summed E-state index contributed by atoms with van der Waals surface area (Å²) < 4.78 is 0. The largest absolute Gasteiger partial charge is 0.508 e. The van der Waals surface area contributed by atoms with Crippen molar-refractivity contribution < 1.29 is 5.11 Å². The SMILES string of the molecule is CC1=CCC(C(C)C)=C(O)C=C1. The molecule has 1 nitrogen and oxygen atoms in total. The molecule has 1 N–H and O–H groups in total. The van der Waals surface area contributed by atoms with Gasteiger partial charge in [-0.2, -0.15) is 0 Å². The molecule has 0 spiro atoms. The molecular formula is C11H16O. The van der Waals surface area contributed by atoms with E-state index in [1.165, 1.54) is 5.57 Å². The third-order valence-corrected chi connectivity index (χ3v) is 2.17. The van der Waals surface area contributed by atoms with Crippen molar-refractivity contribution >= 4 is 0 Å². The van der Waals surface area contributed by atoms with Crippen LogP contribution in [-0.2, 0) is 0 Å². The van der Waals surface area contributed by atoms with E-state index in [-0.39, 0.29) is 0 Å². The Kier molecular flexibility index (Phi) is 2.74. The van der Waals surface area contributed by atoms with Crippen LogP contribution in [0.1, 0.15) is 27.2 Å². The van der Waals surface area contributed by atoms with E-state index in [0.29, 0.717) is 11.7 Å². The fourth-order valence-electron chi connectivity index (χ4n) is 1.29.